The van der Waals surface area contributed by atoms with E-state index in [-0.39, 0.29) is 41.7 Å². The SMILES string of the molecule is C#Cc1ccc(CNc2cc(Nc3cc(C4CC4)[nH]n3)nc(N)n2)cc1.Cc1ccc(C(C)Nc2cc(Nc3cc(C4CC4)[nH]n3)nc(N)n2)cc1.Cc1ccc(CNc2cc(Nc3cc(C4CC4)[nH]n3)nc(N)n2)c(F)c1.[C-]#[N+]c1ccc(C(C)Nc2cc(Nc3cc(C4CC4)[nH]n3)nc(N)n2)cc1. The van der Waals surface area contributed by atoms with E-state index in [1.165, 1.54) is 74.3 Å². The van der Waals surface area contributed by atoms with Crippen LogP contribution in [0.5, 0.6) is 0 Å². The number of anilines is 16. The first-order chi connectivity index (χ1) is 50.9. The van der Waals surface area contributed by atoms with E-state index in [1.807, 2.05) is 86.6 Å². The van der Waals surface area contributed by atoms with Crippen molar-refractivity contribution in [1.82, 2.24) is 80.7 Å². The van der Waals surface area contributed by atoms with Crippen molar-refractivity contribution in [2.24, 2.45) is 0 Å². The fourth-order valence-electron chi connectivity index (χ4n) is 11.2. The van der Waals surface area contributed by atoms with E-state index in [4.69, 9.17) is 35.9 Å². The van der Waals surface area contributed by atoms with Crippen molar-refractivity contribution in [2.45, 2.75) is 128 Å². The van der Waals surface area contributed by atoms with Crippen molar-refractivity contribution in [3.8, 4) is 12.3 Å². The van der Waals surface area contributed by atoms with Crippen LogP contribution in [-0.4, -0.2) is 80.7 Å². The minimum atomic E-state index is -0.248. The van der Waals surface area contributed by atoms with Gasteiger partial charge in [0.1, 0.15) is 52.4 Å². The molecule has 0 aliphatic heterocycles. The van der Waals surface area contributed by atoms with Crippen molar-refractivity contribution in [1.29, 1.82) is 0 Å². The summed E-state index contributed by atoms with van der Waals surface area (Å²) >= 11 is 0. The van der Waals surface area contributed by atoms with Crippen LogP contribution >= 0.6 is 0 Å². The highest BCUT2D eigenvalue weighted by Gasteiger charge is 2.29. The van der Waals surface area contributed by atoms with Crippen LogP contribution in [0.1, 0.15) is 163 Å². The van der Waals surface area contributed by atoms with Gasteiger partial charge in [-0.15, -0.1) is 6.42 Å². The molecule has 0 bridgehead atoms. The fraction of sp³-hybridized carbons (Fsp3) is 0.267. The lowest BCUT2D eigenvalue weighted by atomic mass is 10.1. The van der Waals surface area contributed by atoms with E-state index >= 15 is 0 Å². The molecule has 105 heavy (non-hydrogen) atoms. The second kappa shape index (κ2) is 32.1. The lowest BCUT2D eigenvalue weighted by molar-refractivity contribution is 0.611. The fourth-order valence-corrected chi connectivity index (χ4v) is 11.2. The summed E-state index contributed by atoms with van der Waals surface area (Å²) in [5, 5.41) is 55.0. The summed E-state index contributed by atoms with van der Waals surface area (Å²) in [6, 6.07) is 44.1. The molecule has 8 heterocycles. The molecule has 0 spiro atoms. The van der Waals surface area contributed by atoms with Crippen LogP contribution in [0, 0.1) is 38.6 Å². The molecule has 4 aliphatic carbocycles. The minimum Gasteiger partial charge on any atom is -0.368 e. The van der Waals surface area contributed by atoms with Crippen molar-refractivity contribution in [3.63, 3.8) is 0 Å². The van der Waals surface area contributed by atoms with Gasteiger partial charge in [0.15, 0.2) is 29.0 Å². The Kier molecular flexibility index (Phi) is 21.4. The molecule has 2 unspecified atom stereocenters. The summed E-state index contributed by atoms with van der Waals surface area (Å²) in [7, 11) is 0. The monoisotopic (exact) mass is 1410 g/mol. The van der Waals surface area contributed by atoms with Crippen molar-refractivity contribution < 1.29 is 4.39 Å². The molecular weight excluding hydrogens is 1330 g/mol. The summed E-state index contributed by atoms with van der Waals surface area (Å²) in [5.41, 5.74) is 35.5. The molecule has 0 amide bonds. The van der Waals surface area contributed by atoms with E-state index in [1.54, 1.807) is 36.4 Å². The zero-order valence-corrected chi connectivity index (χ0v) is 58.4. The van der Waals surface area contributed by atoms with Gasteiger partial charge in [0.05, 0.1) is 6.57 Å². The number of H-pyrrole nitrogens is 4. The molecule has 534 valence electrons. The normalized spacial score (nSPS) is 14.0. The topological polar surface area (TPSA) is 423 Å². The van der Waals surface area contributed by atoms with Gasteiger partial charge in [-0.05, 0) is 120 Å². The Bertz CT molecular complexity index is 5020. The Morgan fingerprint density at radius 3 is 1.14 bits per heavy atom. The number of aromatic amines is 4. The average molecular weight is 1410 g/mol. The van der Waals surface area contributed by atoms with E-state index in [9.17, 15) is 4.39 Å². The van der Waals surface area contributed by atoms with Gasteiger partial charge in [-0.1, -0.05) is 84.3 Å². The molecule has 0 radical (unpaired) electrons. The summed E-state index contributed by atoms with van der Waals surface area (Å²) in [5.74, 6) is 13.1. The number of benzene rings is 4. The summed E-state index contributed by atoms with van der Waals surface area (Å²) in [6.07, 6.45) is 15.1. The number of nitrogen functional groups attached to an aromatic ring is 4. The Morgan fingerprint density at radius 2 is 0.781 bits per heavy atom. The molecular formula is C75H82FN29. The maximum atomic E-state index is 14.0. The molecule has 20 N–H and O–H groups in total. The molecule has 4 fully saturated rings. The zero-order valence-electron chi connectivity index (χ0n) is 58.4. The Morgan fingerprint density at radius 1 is 0.438 bits per heavy atom. The maximum absolute atomic E-state index is 14.0. The van der Waals surface area contributed by atoms with Crippen LogP contribution in [0.2, 0.25) is 0 Å². The smallest absolute Gasteiger partial charge is 0.223 e. The highest BCUT2D eigenvalue weighted by Crippen LogP contribution is 2.43. The molecule has 29 nitrogen and oxygen atoms in total. The third-order valence-corrected chi connectivity index (χ3v) is 17.5. The van der Waals surface area contributed by atoms with Crippen LogP contribution in [-0.2, 0) is 13.1 Å². The van der Waals surface area contributed by atoms with Gasteiger partial charge in [0.25, 0.3) is 0 Å². The predicted molar refractivity (Wildman–Crippen MR) is 409 cm³/mol. The summed E-state index contributed by atoms with van der Waals surface area (Å²) in [6.45, 7) is 16.0. The van der Waals surface area contributed by atoms with Gasteiger partial charge in [-0.25, -0.2) is 9.24 Å². The van der Waals surface area contributed by atoms with Crippen molar-refractivity contribution >= 4 is 99.3 Å². The lowest BCUT2D eigenvalue weighted by Crippen LogP contribution is -2.10. The number of nitrogens with zero attached hydrogens (tertiary/aromatic N) is 13. The third-order valence-electron chi connectivity index (χ3n) is 17.5. The van der Waals surface area contributed by atoms with Gasteiger partial charge < -0.3 is 65.5 Å². The van der Waals surface area contributed by atoms with E-state index in [0.717, 1.165) is 51.0 Å². The number of aromatic nitrogens is 16. The van der Waals surface area contributed by atoms with Crippen LogP contribution in [0.4, 0.5) is 104 Å². The lowest BCUT2D eigenvalue weighted by Gasteiger charge is -2.16. The first-order valence-corrected chi connectivity index (χ1v) is 34.7. The molecule has 8 aromatic heterocycles. The number of rotatable bonds is 24. The van der Waals surface area contributed by atoms with E-state index < -0.39 is 0 Å². The Labute approximate surface area is 605 Å². The summed E-state index contributed by atoms with van der Waals surface area (Å²) in [4.78, 5) is 37.2. The predicted octanol–water partition coefficient (Wildman–Crippen LogP) is 14.5. The van der Waals surface area contributed by atoms with Gasteiger partial charge in [0, 0.05) is 131 Å². The number of halogens is 1. The quantitative estimate of drug-likeness (QED) is 0.0197. The first kappa shape index (κ1) is 70.1. The second-order valence-electron chi connectivity index (χ2n) is 26.4. The molecule has 4 saturated carbocycles. The minimum absolute atomic E-state index is 0.00112. The first-order valence-electron chi connectivity index (χ1n) is 34.7. The molecule has 12 aromatic rings. The highest BCUT2D eigenvalue weighted by atomic mass is 19.1. The standard InChI is InChI=1S/C19H20N8.C19H23N7.C19H19N7.C18H20FN7/c1-11(12-5-7-14(21-2)8-6-12)22-16-10-17(25-19(20)24-16)23-18-9-15(26-27-18)13-3-4-13;1-11-3-5-13(6-4-11)12(2)21-16-10-17(24-19(20)23-16)22-18-9-15(25-26-18)14-7-8-14;1-2-12-3-5-13(6-4-12)11-21-16-10-17(24-19(20)23-16)22-18-9-15(25-26-18)14-7-8-14;1-10-2-3-12(13(19)6-10)9-21-15-8-16(24-18(20)23-15)22-17-7-14(25-26-17)11-4-5-11/h5-11,13H,3-4H2,1H3,(H5,20,22,23,24,25,26,27);3-6,9-10,12,14H,7-8H2,1-2H3,(H5,20,21,22,23,24,25,26);1,3-6,9-10,14H,7-8,11H2,(H5,20,21,22,23,24,25,26);2-3,6-8,11H,4-5,9H2,1H3,(H5,20,21,22,23,24,25,26). The number of terminal acetylenes is 1. The largest absolute Gasteiger partial charge is 0.368 e. The second-order valence-corrected chi connectivity index (χ2v) is 26.4. The van der Waals surface area contributed by atoms with E-state index in [0.29, 0.717) is 106 Å². The summed E-state index contributed by atoms with van der Waals surface area (Å²) < 4.78 is 14.0. The number of hydrogen-bond acceptors (Lipinski definition) is 24. The third kappa shape index (κ3) is 20.2. The molecule has 4 aromatic carbocycles. The molecule has 0 saturated heterocycles. The van der Waals surface area contributed by atoms with Crippen LogP contribution < -0.4 is 65.5 Å². The van der Waals surface area contributed by atoms with Gasteiger partial charge in [0.2, 0.25) is 23.8 Å². The van der Waals surface area contributed by atoms with Crippen LogP contribution in [0.15, 0.2) is 140 Å². The van der Waals surface area contributed by atoms with Crippen molar-refractivity contribution in [2.75, 3.05) is 65.5 Å². The number of nitrogens with two attached hydrogens (primary N) is 4. The molecule has 4 aliphatic rings. The Balaban J connectivity index is 0.000000124. The maximum Gasteiger partial charge on any atom is 0.223 e. The van der Waals surface area contributed by atoms with Gasteiger partial charge >= 0.3 is 0 Å². The van der Waals surface area contributed by atoms with Crippen LogP contribution in [0.3, 0.4) is 0 Å². The molecule has 2 atom stereocenters. The van der Waals surface area contributed by atoms with E-state index in [2.05, 4.69) is 172 Å². The molecule has 30 heteroatoms. The highest BCUT2D eigenvalue weighted by molar-refractivity contribution is 5.63. The number of nitrogens with one attached hydrogen (secondary N) is 12. The van der Waals surface area contributed by atoms with Gasteiger partial charge in [-0.2, -0.15) is 60.3 Å². The zero-order chi connectivity index (χ0) is 72.9. The number of hydrogen-bond donors (Lipinski definition) is 16. The van der Waals surface area contributed by atoms with Gasteiger partial charge in [-0.3, -0.25) is 20.4 Å². The van der Waals surface area contributed by atoms with Crippen LogP contribution in [0.25, 0.3) is 4.85 Å². The molecule has 16 rings (SSSR count). The average Bonchev–Trinajstić information content (AvgIpc) is 1.69. The number of aryl methyl sites for hydroxylation is 2. The Hall–Kier alpha value is -13.4. The van der Waals surface area contributed by atoms with Crippen molar-refractivity contribution in [3.05, 3.63) is 218 Å².